The molecule has 0 atom stereocenters. The number of anilines is 1. The van der Waals surface area contributed by atoms with Crippen LogP contribution in [0.15, 0.2) is 49.2 Å². The Morgan fingerprint density at radius 3 is 2.75 bits per heavy atom. The molecule has 0 aromatic carbocycles. The van der Waals surface area contributed by atoms with Gasteiger partial charge in [0, 0.05) is 28.7 Å². The molecule has 0 saturated carbocycles. The van der Waals surface area contributed by atoms with Crippen LogP contribution in [-0.2, 0) is 13.0 Å². The summed E-state index contributed by atoms with van der Waals surface area (Å²) in [5.41, 5.74) is 1.03. The zero-order chi connectivity index (χ0) is 13.8. The van der Waals surface area contributed by atoms with E-state index in [2.05, 4.69) is 34.3 Å². The predicted molar refractivity (Wildman–Crippen MR) is 82.4 cm³/mol. The Bertz CT molecular complexity index is 656. The van der Waals surface area contributed by atoms with Crippen LogP contribution in [0.25, 0.3) is 5.82 Å². The molecule has 0 saturated heterocycles. The van der Waals surface area contributed by atoms with E-state index in [1.165, 1.54) is 9.75 Å². The van der Waals surface area contributed by atoms with Crippen molar-refractivity contribution in [1.82, 2.24) is 14.5 Å². The smallest absolute Gasteiger partial charge is 0.137 e. The van der Waals surface area contributed by atoms with Crippen LogP contribution in [0, 0.1) is 0 Å². The van der Waals surface area contributed by atoms with Gasteiger partial charge in [-0.3, -0.25) is 4.57 Å². The highest BCUT2D eigenvalue weighted by molar-refractivity contribution is 7.12. The summed E-state index contributed by atoms with van der Waals surface area (Å²) in [6.45, 7) is 3.03. The number of thiophene rings is 1. The lowest BCUT2D eigenvalue weighted by atomic mass is 10.3. The van der Waals surface area contributed by atoms with Crippen LogP contribution >= 0.6 is 11.3 Å². The Labute approximate surface area is 122 Å². The van der Waals surface area contributed by atoms with Gasteiger partial charge in [0.2, 0.25) is 0 Å². The van der Waals surface area contributed by atoms with Crippen molar-refractivity contribution in [3.05, 3.63) is 58.9 Å². The molecule has 0 aliphatic heterocycles. The minimum absolute atomic E-state index is 0.844. The largest absolute Gasteiger partial charge is 0.379 e. The van der Waals surface area contributed by atoms with Crippen LogP contribution in [0.2, 0.25) is 0 Å². The average Bonchev–Trinajstić information content (AvgIpc) is 3.17. The van der Waals surface area contributed by atoms with Crippen molar-refractivity contribution in [1.29, 1.82) is 0 Å². The van der Waals surface area contributed by atoms with Crippen molar-refractivity contribution >= 4 is 17.0 Å². The molecule has 3 aromatic rings. The Kier molecular flexibility index (Phi) is 3.78. The molecule has 4 nitrogen and oxygen atoms in total. The van der Waals surface area contributed by atoms with E-state index >= 15 is 0 Å². The Balaban J connectivity index is 1.63. The van der Waals surface area contributed by atoms with Crippen molar-refractivity contribution < 1.29 is 0 Å². The molecule has 0 unspecified atom stereocenters. The van der Waals surface area contributed by atoms with Gasteiger partial charge in [0.1, 0.15) is 12.1 Å². The van der Waals surface area contributed by atoms with Gasteiger partial charge in [-0.25, -0.2) is 9.97 Å². The Morgan fingerprint density at radius 2 is 2.10 bits per heavy atom. The highest BCUT2D eigenvalue weighted by Gasteiger charge is 2.00. The van der Waals surface area contributed by atoms with Crippen LogP contribution in [-0.4, -0.2) is 14.5 Å². The molecule has 1 N–H and O–H groups in total. The fourth-order valence-corrected chi connectivity index (χ4v) is 2.83. The molecule has 5 heteroatoms. The number of imidazole rings is 1. The first-order chi connectivity index (χ1) is 9.85. The number of aryl methyl sites for hydroxylation is 1. The van der Waals surface area contributed by atoms with Crippen LogP contribution in [0.1, 0.15) is 16.7 Å². The second-order valence-electron chi connectivity index (χ2n) is 4.45. The summed E-state index contributed by atoms with van der Waals surface area (Å²) in [4.78, 5) is 11.2. The van der Waals surface area contributed by atoms with Gasteiger partial charge in [0.25, 0.3) is 0 Å². The Morgan fingerprint density at radius 1 is 1.20 bits per heavy atom. The lowest BCUT2D eigenvalue weighted by molar-refractivity contribution is 0.991. The third-order valence-corrected chi connectivity index (χ3v) is 4.28. The first kappa shape index (κ1) is 12.9. The van der Waals surface area contributed by atoms with E-state index < -0.39 is 0 Å². The van der Waals surface area contributed by atoms with Gasteiger partial charge in [0.15, 0.2) is 0 Å². The number of pyridine rings is 1. The van der Waals surface area contributed by atoms with Crippen molar-refractivity contribution in [2.45, 2.75) is 19.9 Å². The fraction of sp³-hybridized carbons (Fsp3) is 0.200. The Hall–Kier alpha value is -2.14. The van der Waals surface area contributed by atoms with E-state index in [-0.39, 0.29) is 0 Å². The minimum Gasteiger partial charge on any atom is -0.379 e. The van der Waals surface area contributed by atoms with Crippen LogP contribution < -0.4 is 5.32 Å². The molecule has 3 heterocycles. The highest BCUT2D eigenvalue weighted by Crippen LogP contribution is 2.18. The van der Waals surface area contributed by atoms with Crippen molar-refractivity contribution in [2.75, 3.05) is 5.32 Å². The molecule has 0 aliphatic rings. The summed E-state index contributed by atoms with van der Waals surface area (Å²) < 4.78 is 1.89. The number of nitrogens with one attached hydrogen (secondary N) is 1. The van der Waals surface area contributed by atoms with Crippen molar-refractivity contribution in [3.8, 4) is 5.82 Å². The second-order valence-corrected chi connectivity index (χ2v) is 5.70. The van der Waals surface area contributed by atoms with E-state index in [9.17, 15) is 0 Å². The number of hydrogen-bond donors (Lipinski definition) is 1. The van der Waals surface area contributed by atoms with E-state index in [0.717, 1.165) is 24.5 Å². The standard InChI is InChI=1S/C15H16N4S/c1-2-13-4-5-14(20-13)10-17-12-3-6-15(18-9-12)19-8-7-16-11-19/h3-9,11,17H,2,10H2,1H3. The third kappa shape index (κ3) is 2.88. The number of hydrogen-bond acceptors (Lipinski definition) is 4. The first-order valence-corrected chi connectivity index (χ1v) is 7.42. The number of aromatic nitrogens is 3. The summed E-state index contributed by atoms with van der Waals surface area (Å²) in [6, 6.07) is 8.40. The average molecular weight is 284 g/mol. The maximum atomic E-state index is 4.42. The molecule has 0 amide bonds. The number of nitrogens with zero attached hydrogens (tertiary/aromatic N) is 3. The van der Waals surface area contributed by atoms with Gasteiger partial charge < -0.3 is 5.32 Å². The van der Waals surface area contributed by atoms with Gasteiger partial charge in [-0.1, -0.05) is 6.92 Å². The lowest BCUT2D eigenvalue weighted by Crippen LogP contribution is -1.99. The molecule has 3 rings (SSSR count). The third-order valence-electron chi connectivity index (χ3n) is 3.05. The lowest BCUT2D eigenvalue weighted by Gasteiger charge is -2.06. The maximum absolute atomic E-state index is 4.42. The molecular weight excluding hydrogens is 268 g/mol. The molecule has 3 aromatic heterocycles. The van der Waals surface area contributed by atoms with E-state index in [0.29, 0.717) is 0 Å². The zero-order valence-corrected chi connectivity index (χ0v) is 12.1. The highest BCUT2D eigenvalue weighted by atomic mass is 32.1. The molecule has 102 valence electrons. The van der Waals surface area contributed by atoms with Crippen LogP contribution in [0.5, 0.6) is 0 Å². The van der Waals surface area contributed by atoms with Gasteiger partial charge in [-0.05, 0) is 30.7 Å². The molecule has 0 aliphatic carbocycles. The monoisotopic (exact) mass is 284 g/mol. The summed E-state index contributed by atoms with van der Waals surface area (Å²) >= 11 is 1.86. The molecule has 0 bridgehead atoms. The molecule has 20 heavy (non-hydrogen) atoms. The summed E-state index contributed by atoms with van der Waals surface area (Å²) in [5.74, 6) is 0.873. The van der Waals surface area contributed by atoms with Crippen LogP contribution in [0.4, 0.5) is 5.69 Å². The topological polar surface area (TPSA) is 42.7 Å². The minimum atomic E-state index is 0.844. The van der Waals surface area contributed by atoms with E-state index in [1.54, 1.807) is 12.5 Å². The summed E-state index contributed by atoms with van der Waals surface area (Å²) in [6.07, 6.45) is 8.33. The van der Waals surface area contributed by atoms with Crippen molar-refractivity contribution in [2.24, 2.45) is 0 Å². The van der Waals surface area contributed by atoms with E-state index in [4.69, 9.17) is 0 Å². The normalized spacial score (nSPS) is 10.7. The van der Waals surface area contributed by atoms with Gasteiger partial charge in [0.05, 0.1) is 11.9 Å². The SMILES string of the molecule is CCc1ccc(CNc2ccc(-n3ccnc3)nc2)s1. The molecule has 0 fully saturated rings. The fourth-order valence-electron chi connectivity index (χ4n) is 1.93. The van der Waals surface area contributed by atoms with Gasteiger partial charge >= 0.3 is 0 Å². The van der Waals surface area contributed by atoms with Gasteiger partial charge in [-0.2, -0.15) is 0 Å². The molecule has 0 radical (unpaired) electrons. The maximum Gasteiger partial charge on any atom is 0.137 e. The predicted octanol–water partition coefficient (Wildman–Crippen LogP) is 3.50. The van der Waals surface area contributed by atoms with E-state index in [1.807, 2.05) is 40.4 Å². The first-order valence-electron chi connectivity index (χ1n) is 6.61. The summed E-state index contributed by atoms with van der Waals surface area (Å²) in [7, 11) is 0. The second kappa shape index (κ2) is 5.88. The molecule has 0 spiro atoms. The summed E-state index contributed by atoms with van der Waals surface area (Å²) in [5, 5.41) is 3.39. The van der Waals surface area contributed by atoms with Crippen molar-refractivity contribution in [3.63, 3.8) is 0 Å². The van der Waals surface area contributed by atoms with Crippen LogP contribution in [0.3, 0.4) is 0 Å². The number of rotatable bonds is 5. The molecular formula is C15H16N4S. The zero-order valence-electron chi connectivity index (χ0n) is 11.3. The van der Waals surface area contributed by atoms with Gasteiger partial charge in [-0.15, -0.1) is 11.3 Å². The quantitative estimate of drug-likeness (QED) is 0.779.